The monoisotopic (exact) mass is 233 g/mol. The van der Waals surface area contributed by atoms with Crippen LogP contribution in [0, 0.1) is 0 Å². The molecule has 7 N–H and O–H groups in total. The van der Waals surface area contributed by atoms with E-state index in [9.17, 15) is 14.4 Å². The predicted molar refractivity (Wildman–Crippen MR) is 58.1 cm³/mol. The zero-order valence-corrected chi connectivity index (χ0v) is 9.31. The van der Waals surface area contributed by atoms with Crippen molar-refractivity contribution in [2.45, 2.75) is 38.6 Å². The number of hydrogen-bond acceptors (Lipinski definition) is 4. The summed E-state index contributed by atoms with van der Waals surface area (Å²) in [5.74, 6) is -1.90. The molecule has 7 nitrogen and oxygen atoms in total. The van der Waals surface area contributed by atoms with Crippen molar-refractivity contribution in [3.05, 3.63) is 0 Å². The van der Waals surface area contributed by atoms with E-state index < -0.39 is 23.8 Å². The van der Waals surface area contributed by atoms with Crippen LogP contribution >= 0.6 is 0 Å². The lowest BCUT2D eigenvalue weighted by Gasteiger charge is -2.00. The molecular formula is C9H19N3O4. The molecule has 0 rings (SSSR count). The van der Waals surface area contributed by atoms with E-state index in [1.165, 1.54) is 0 Å². The van der Waals surface area contributed by atoms with Gasteiger partial charge in [0.25, 0.3) is 0 Å². The lowest BCUT2D eigenvalue weighted by molar-refractivity contribution is -0.138. The predicted octanol–water partition coefficient (Wildman–Crippen LogP) is -1.06. The molecule has 0 spiro atoms. The Morgan fingerprint density at radius 2 is 1.50 bits per heavy atom. The standard InChI is InChI=1S/C5H11NO2.C4H8N2O2/c1-2-3-4(6)5(7)8;5-3(7)1-2-4(6)8/h4H,2-3,6H2,1H3,(H,7,8);1-2H2,(H2,5,7)(H2,6,8). The fraction of sp³-hybridized carbons (Fsp3) is 0.667. The molecule has 0 heterocycles. The molecule has 1 unspecified atom stereocenters. The maximum Gasteiger partial charge on any atom is 0.320 e. The number of carbonyl (C=O) groups excluding carboxylic acids is 2. The Hall–Kier alpha value is -1.63. The molecular weight excluding hydrogens is 214 g/mol. The number of carbonyl (C=O) groups is 3. The highest BCUT2D eigenvalue weighted by molar-refractivity contribution is 5.81. The second-order valence-electron chi connectivity index (χ2n) is 3.17. The maximum atomic E-state index is 9.96. The van der Waals surface area contributed by atoms with Gasteiger partial charge in [-0.2, -0.15) is 0 Å². The lowest BCUT2D eigenvalue weighted by atomic mass is 10.2. The zero-order valence-electron chi connectivity index (χ0n) is 9.31. The first-order chi connectivity index (χ1) is 7.31. The summed E-state index contributed by atoms with van der Waals surface area (Å²) >= 11 is 0. The van der Waals surface area contributed by atoms with Gasteiger partial charge in [-0.05, 0) is 6.42 Å². The minimum Gasteiger partial charge on any atom is -0.480 e. The van der Waals surface area contributed by atoms with Gasteiger partial charge in [-0.25, -0.2) is 0 Å². The summed E-state index contributed by atoms with van der Waals surface area (Å²) in [4.78, 5) is 29.8. The van der Waals surface area contributed by atoms with Crippen LogP contribution in [0.2, 0.25) is 0 Å². The van der Waals surface area contributed by atoms with Crippen LogP contribution in [-0.2, 0) is 14.4 Å². The smallest absolute Gasteiger partial charge is 0.320 e. The molecule has 0 bridgehead atoms. The first-order valence-electron chi connectivity index (χ1n) is 4.86. The third-order valence-corrected chi connectivity index (χ3v) is 1.53. The first kappa shape index (κ1) is 16.8. The van der Waals surface area contributed by atoms with Crippen LogP contribution in [0.3, 0.4) is 0 Å². The van der Waals surface area contributed by atoms with Crippen LogP contribution in [0.25, 0.3) is 0 Å². The molecule has 0 aromatic heterocycles. The van der Waals surface area contributed by atoms with E-state index >= 15 is 0 Å². The van der Waals surface area contributed by atoms with E-state index in [2.05, 4.69) is 0 Å². The van der Waals surface area contributed by atoms with Crippen molar-refractivity contribution >= 4 is 17.8 Å². The summed E-state index contributed by atoms with van der Waals surface area (Å²) < 4.78 is 0. The largest absolute Gasteiger partial charge is 0.480 e. The molecule has 0 saturated heterocycles. The van der Waals surface area contributed by atoms with Gasteiger partial charge in [0.2, 0.25) is 11.8 Å². The Morgan fingerprint density at radius 1 is 1.12 bits per heavy atom. The topological polar surface area (TPSA) is 150 Å². The highest BCUT2D eigenvalue weighted by atomic mass is 16.4. The molecule has 0 aliphatic rings. The van der Waals surface area contributed by atoms with Gasteiger partial charge >= 0.3 is 5.97 Å². The van der Waals surface area contributed by atoms with Gasteiger partial charge < -0.3 is 22.3 Å². The van der Waals surface area contributed by atoms with Gasteiger partial charge in [-0.15, -0.1) is 0 Å². The molecule has 0 radical (unpaired) electrons. The molecule has 94 valence electrons. The Labute approximate surface area is 94.0 Å². The number of carboxylic acid groups (broad SMARTS) is 1. The number of primary amides is 2. The van der Waals surface area contributed by atoms with Gasteiger partial charge in [0.05, 0.1) is 0 Å². The SMILES string of the molecule is CCCC(N)C(=O)O.NC(=O)CCC(N)=O. The third-order valence-electron chi connectivity index (χ3n) is 1.53. The molecule has 16 heavy (non-hydrogen) atoms. The molecule has 2 amide bonds. The van der Waals surface area contributed by atoms with Gasteiger partial charge in [0.15, 0.2) is 0 Å². The summed E-state index contributed by atoms with van der Waals surface area (Å²) in [6.45, 7) is 1.91. The van der Waals surface area contributed by atoms with E-state index in [1.54, 1.807) is 0 Å². The molecule has 0 saturated carbocycles. The highest BCUT2D eigenvalue weighted by Gasteiger charge is 2.07. The van der Waals surface area contributed by atoms with Crippen molar-refractivity contribution in [3.8, 4) is 0 Å². The molecule has 0 aromatic carbocycles. The number of amides is 2. The van der Waals surface area contributed by atoms with Crippen LogP contribution in [-0.4, -0.2) is 28.9 Å². The number of aliphatic carboxylic acids is 1. The quantitative estimate of drug-likeness (QED) is 0.461. The number of rotatable bonds is 6. The van der Waals surface area contributed by atoms with E-state index in [-0.39, 0.29) is 12.8 Å². The summed E-state index contributed by atoms with van der Waals surface area (Å²) in [6, 6.07) is -0.667. The number of nitrogens with two attached hydrogens (primary N) is 3. The van der Waals surface area contributed by atoms with E-state index in [0.29, 0.717) is 6.42 Å². The van der Waals surface area contributed by atoms with Crippen LogP contribution < -0.4 is 17.2 Å². The van der Waals surface area contributed by atoms with Crippen LogP contribution in [0.4, 0.5) is 0 Å². The van der Waals surface area contributed by atoms with Crippen LogP contribution in [0.5, 0.6) is 0 Å². The molecule has 0 aliphatic carbocycles. The minimum absolute atomic E-state index is 0.0509. The van der Waals surface area contributed by atoms with Crippen LogP contribution in [0.15, 0.2) is 0 Å². The highest BCUT2D eigenvalue weighted by Crippen LogP contribution is 1.91. The van der Waals surface area contributed by atoms with Crippen molar-refractivity contribution in [1.82, 2.24) is 0 Å². The molecule has 7 heteroatoms. The summed E-state index contributed by atoms with van der Waals surface area (Å²) in [7, 11) is 0. The van der Waals surface area contributed by atoms with Gasteiger partial charge in [0, 0.05) is 12.8 Å². The fourth-order valence-corrected chi connectivity index (χ4v) is 0.681. The lowest BCUT2D eigenvalue weighted by Crippen LogP contribution is -2.29. The van der Waals surface area contributed by atoms with Gasteiger partial charge in [-0.3, -0.25) is 14.4 Å². The zero-order chi connectivity index (χ0) is 13.1. The van der Waals surface area contributed by atoms with Crippen molar-refractivity contribution < 1.29 is 19.5 Å². The van der Waals surface area contributed by atoms with Crippen LogP contribution in [0.1, 0.15) is 32.6 Å². The van der Waals surface area contributed by atoms with E-state index in [1.807, 2.05) is 6.92 Å². The molecule has 0 fully saturated rings. The van der Waals surface area contributed by atoms with Crippen molar-refractivity contribution in [3.63, 3.8) is 0 Å². The third kappa shape index (κ3) is 14.9. The number of carboxylic acids is 1. The minimum atomic E-state index is -0.910. The molecule has 1 atom stereocenters. The average Bonchev–Trinajstić information content (AvgIpc) is 2.16. The molecule has 0 aliphatic heterocycles. The number of hydrogen-bond donors (Lipinski definition) is 4. The second kappa shape index (κ2) is 9.91. The fourth-order valence-electron chi connectivity index (χ4n) is 0.681. The normalized spacial score (nSPS) is 10.9. The van der Waals surface area contributed by atoms with E-state index in [4.69, 9.17) is 22.3 Å². The Balaban J connectivity index is 0. The molecule has 0 aromatic rings. The maximum absolute atomic E-state index is 9.96. The summed E-state index contributed by atoms with van der Waals surface area (Å²) in [5, 5.41) is 8.19. The van der Waals surface area contributed by atoms with Gasteiger partial charge in [-0.1, -0.05) is 13.3 Å². The summed E-state index contributed by atoms with van der Waals surface area (Å²) in [5.41, 5.74) is 14.5. The van der Waals surface area contributed by atoms with Crippen molar-refractivity contribution in [2.24, 2.45) is 17.2 Å². The first-order valence-corrected chi connectivity index (χ1v) is 4.86. The van der Waals surface area contributed by atoms with Gasteiger partial charge in [0.1, 0.15) is 6.04 Å². The van der Waals surface area contributed by atoms with E-state index in [0.717, 1.165) is 6.42 Å². The summed E-state index contributed by atoms with van der Waals surface area (Å²) in [6.07, 6.45) is 1.49. The van der Waals surface area contributed by atoms with Crippen molar-refractivity contribution in [1.29, 1.82) is 0 Å². The Morgan fingerprint density at radius 3 is 1.62 bits per heavy atom. The Kier molecular flexibility index (Phi) is 10.4. The average molecular weight is 233 g/mol. The Bertz CT molecular complexity index is 229. The second-order valence-corrected chi connectivity index (χ2v) is 3.17. The van der Waals surface area contributed by atoms with Crippen molar-refractivity contribution in [2.75, 3.05) is 0 Å².